The number of carbonyl (C=O) groups is 2. The SMILES string of the molecule is CN1C(=O)C=C[C@@]2(C)C1CC[C@@H]1[C@H]2CC[C@]2(C)C(NC(=O)Cc3cccnc3)CC[C@@H]12. The molecular weight excluding hydrogens is 386 g/mol. The van der Waals surface area contributed by atoms with Crippen LogP contribution in [0.25, 0.3) is 0 Å². The monoisotopic (exact) mass is 421 g/mol. The van der Waals surface area contributed by atoms with E-state index in [0.717, 1.165) is 24.8 Å². The van der Waals surface area contributed by atoms with Gasteiger partial charge in [-0.3, -0.25) is 14.6 Å². The van der Waals surface area contributed by atoms with Crippen LogP contribution in [0.2, 0.25) is 0 Å². The predicted molar refractivity (Wildman–Crippen MR) is 120 cm³/mol. The van der Waals surface area contributed by atoms with Crippen LogP contribution in [0.4, 0.5) is 0 Å². The van der Waals surface area contributed by atoms with Gasteiger partial charge in [0.05, 0.1) is 6.42 Å². The lowest BCUT2D eigenvalue weighted by molar-refractivity contribution is -0.138. The van der Waals surface area contributed by atoms with Gasteiger partial charge in [0.2, 0.25) is 11.8 Å². The Kier molecular flexibility index (Phi) is 4.98. The summed E-state index contributed by atoms with van der Waals surface area (Å²) in [7, 11) is 1.98. The minimum Gasteiger partial charge on any atom is -0.353 e. The Morgan fingerprint density at radius 1 is 1.19 bits per heavy atom. The van der Waals surface area contributed by atoms with Gasteiger partial charge in [0.1, 0.15) is 0 Å². The minimum absolute atomic E-state index is 0.0779. The average Bonchev–Trinajstić information content (AvgIpc) is 3.08. The molecule has 1 aromatic heterocycles. The number of nitrogens with zero attached hydrogens (tertiary/aromatic N) is 2. The summed E-state index contributed by atoms with van der Waals surface area (Å²) in [5.74, 6) is 2.24. The normalized spacial score (nSPS) is 41.3. The van der Waals surface area contributed by atoms with E-state index in [-0.39, 0.29) is 28.7 Å². The standard InChI is InChI=1S/C26H35N3O2/c1-25-12-10-20-18(6-9-22-26(20,2)13-11-24(31)29(22)3)19(25)7-8-21(25)28-23(30)15-17-5-4-14-27-16-17/h4-5,11,13-14,16,18-22H,6-10,12,15H2,1-3H3,(H,28,30)/t18-,19-,20+,21?,22?,25-,26+/m0/s1. The van der Waals surface area contributed by atoms with Crippen molar-refractivity contribution in [2.75, 3.05) is 7.05 Å². The molecule has 5 heteroatoms. The molecule has 0 spiro atoms. The summed E-state index contributed by atoms with van der Waals surface area (Å²) in [4.78, 5) is 31.2. The van der Waals surface area contributed by atoms with Crippen LogP contribution in [0, 0.1) is 28.6 Å². The summed E-state index contributed by atoms with van der Waals surface area (Å²) < 4.78 is 0. The molecule has 4 aliphatic rings. The third-order valence-corrected chi connectivity index (χ3v) is 9.55. The lowest BCUT2D eigenvalue weighted by atomic mass is 9.48. The van der Waals surface area contributed by atoms with Gasteiger partial charge in [-0.25, -0.2) is 0 Å². The smallest absolute Gasteiger partial charge is 0.246 e. The highest BCUT2D eigenvalue weighted by Gasteiger charge is 2.60. The third-order valence-electron chi connectivity index (χ3n) is 9.55. The minimum atomic E-state index is 0.0779. The van der Waals surface area contributed by atoms with Crippen molar-refractivity contribution in [1.82, 2.24) is 15.2 Å². The van der Waals surface area contributed by atoms with Gasteiger partial charge in [0.25, 0.3) is 0 Å². The Hall–Kier alpha value is -2.17. The highest BCUT2D eigenvalue weighted by molar-refractivity contribution is 5.89. The van der Waals surface area contributed by atoms with E-state index >= 15 is 0 Å². The van der Waals surface area contributed by atoms with E-state index in [1.807, 2.05) is 30.2 Å². The van der Waals surface area contributed by atoms with Crippen LogP contribution < -0.4 is 5.32 Å². The molecule has 7 atom stereocenters. The van der Waals surface area contributed by atoms with E-state index in [2.05, 4.69) is 30.2 Å². The van der Waals surface area contributed by atoms with Gasteiger partial charge in [0.15, 0.2) is 0 Å². The van der Waals surface area contributed by atoms with Crippen molar-refractivity contribution >= 4 is 11.8 Å². The van der Waals surface area contributed by atoms with Crippen LogP contribution in [0.1, 0.15) is 57.9 Å². The Balaban J connectivity index is 1.32. The molecule has 3 aliphatic carbocycles. The number of carbonyl (C=O) groups excluding carboxylic acids is 2. The molecule has 3 saturated carbocycles. The molecule has 1 aromatic rings. The van der Waals surface area contributed by atoms with Crippen LogP contribution in [0.3, 0.4) is 0 Å². The first kappa shape index (κ1) is 20.7. The third kappa shape index (κ3) is 3.23. The molecule has 1 N–H and O–H groups in total. The second-order valence-electron chi connectivity index (χ2n) is 10.9. The van der Waals surface area contributed by atoms with Crippen LogP contribution in [0.15, 0.2) is 36.7 Å². The molecule has 3 fully saturated rings. The number of likely N-dealkylation sites (N-methyl/N-ethyl adjacent to an activating group) is 1. The van der Waals surface area contributed by atoms with Gasteiger partial charge in [-0.15, -0.1) is 0 Å². The summed E-state index contributed by atoms with van der Waals surface area (Å²) >= 11 is 0. The fourth-order valence-electron chi connectivity index (χ4n) is 7.91. The number of hydrogen-bond acceptors (Lipinski definition) is 3. The van der Waals surface area contributed by atoms with Gasteiger partial charge < -0.3 is 10.2 Å². The molecule has 0 radical (unpaired) electrons. The maximum Gasteiger partial charge on any atom is 0.246 e. The molecule has 166 valence electrons. The summed E-state index contributed by atoms with van der Waals surface area (Å²) in [6.45, 7) is 4.81. The molecule has 0 bridgehead atoms. The van der Waals surface area contributed by atoms with Crippen molar-refractivity contribution in [3.05, 3.63) is 42.2 Å². The largest absolute Gasteiger partial charge is 0.353 e. The van der Waals surface area contributed by atoms with Gasteiger partial charge in [-0.05, 0) is 79.4 Å². The van der Waals surface area contributed by atoms with Crippen LogP contribution in [-0.2, 0) is 16.0 Å². The average molecular weight is 422 g/mol. The highest BCUT2D eigenvalue weighted by atomic mass is 16.2. The van der Waals surface area contributed by atoms with Crippen LogP contribution in [-0.4, -0.2) is 40.8 Å². The van der Waals surface area contributed by atoms with Gasteiger partial charge in [-0.2, -0.15) is 0 Å². The molecule has 0 saturated heterocycles. The Morgan fingerprint density at radius 2 is 2.03 bits per heavy atom. The van der Waals surface area contributed by atoms with Gasteiger partial charge in [0, 0.05) is 36.9 Å². The molecular formula is C26H35N3O2. The molecule has 1 aliphatic heterocycles. The Labute approximate surface area is 185 Å². The number of amides is 2. The number of hydrogen-bond donors (Lipinski definition) is 1. The lowest BCUT2D eigenvalue weighted by Crippen LogP contribution is -2.60. The zero-order valence-corrected chi connectivity index (χ0v) is 19.0. The van der Waals surface area contributed by atoms with E-state index < -0.39 is 0 Å². The first-order valence-electron chi connectivity index (χ1n) is 12.0. The molecule has 0 aromatic carbocycles. The van der Waals surface area contributed by atoms with Crippen LogP contribution in [0.5, 0.6) is 0 Å². The number of pyridine rings is 1. The van der Waals surface area contributed by atoms with Crippen LogP contribution >= 0.6 is 0 Å². The molecule has 2 heterocycles. The number of nitrogens with one attached hydrogen (secondary N) is 1. The summed E-state index contributed by atoms with van der Waals surface area (Å²) in [5, 5.41) is 3.41. The maximum atomic E-state index is 12.8. The van der Waals surface area contributed by atoms with E-state index in [0.29, 0.717) is 30.2 Å². The first-order chi connectivity index (χ1) is 14.8. The second kappa shape index (κ2) is 7.46. The van der Waals surface area contributed by atoms with E-state index in [1.165, 1.54) is 19.3 Å². The number of fused-ring (bicyclic) bond motifs is 5. The van der Waals surface area contributed by atoms with E-state index in [1.54, 1.807) is 12.4 Å². The predicted octanol–water partition coefficient (Wildman–Crippen LogP) is 3.75. The summed E-state index contributed by atoms with van der Waals surface area (Å²) in [6, 6.07) is 4.44. The maximum absolute atomic E-state index is 12.8. The highest BCUT2D eigenvalue weighted by Crippen LogP contribution is 2.63. The van der Waals surface area contributed by atoms with Gasteiger partial charge in [-0.1, -0.05) is 26.0 Å². The fourth-order valence-corrected chi connectivity index (χ4v) is 7.91. The van der Waals surface area contributed by atoms with E-state index in [9.17, 15) is 9.59 Å². The molecule has 2 unspecified atom stereocenters. The van der Waals surface area contributed by atoms with Crippen molar-refractivity contribution in [2.45, 2.75) is 70.9 Å². The lowest BCUT2D eigenvalue weighted by Gasteiger charge is -2.60. The first-order valence-corrected chi connectivity index (χ1v) is 12.0. The Morgan fingerprint density at radius 3 is 2.81 bits per heavy atom. The number of rotatable bonds is 3. The van der Waals surface area contributed by atoms with Crippen molar-refractivity contribution in [3.63, 3.8) is 0 Å². The van der Waals surface area contributed by atoms with Crippen molar-refractivity contribution < 1.29 is 9.59 Å². The second-order valence-corrected chi connectivity index (χ2v) is 10.9. The topological polar surface area (TPSA) is 62.3 Å². The van der Waals surface area contributed by atoms with E-state index in [4.69, 9.17) is 0 Å². The van der Waals surface area contributed by atoms with Crippen molar-refractivity contribution in [3.8, 4) is 0 Å². The van der Waals surface area contributed by atoms with Gasteiger partial charge >= 0.3 is 0 Å². The number of aromatic nitrogens is 1. The molecule has 5 rings (SSSR count). The summed E-state index contributed by atoms with van der Waals surface area (Å²) in [5.41, 5.74) is 1.22. The quantitative estimate of drug-likeness (QED) is 0.809. The zero-order chi connectivity index (χ0) is 21.8. The van der Waals surface area contributed by atoms with Crippen molar-refractivity contribution in [1.29, 1.82) is 0 Å². The molecule has 5 nitrogen and oxygen atoms in total. The summed E-state index contributed by atoms with van der Waals surface area (Å²) in [6.07, 6.45) is 14.9. The fraction of sp³-hybridized carbons (Fsp3) is 0.654. The molecule has 31 heavy (non-hydrogen) atoms. The van der Waals surface area contributed by atoms with Crippen molar-refractivity contribution in [2.24, 2.45) is 28.6 Å². The zero-order valence-electron chi connectivity index (χ0n) is 19.0. The Bertz CT molecular complexity index is 899. The molecule has 2 amide bonds.